The number of carbonyl (C=O) groups excluding carboxylic acids is 1. The lowest BCUT2D eigenvalue weighted by Gasteiger charge is -2.34. The second-order valence-corrected chi connectivity index (χ2v) is 8.86. The van der Waals surface area contributed by atoms with Crippen molar-refractivity contribution in [1.29, 1.82) is 0 Å². The summed E-state index contributed by atoms with van der Waals surface area (Å²) in [5.41, 5.74) is -1.38. The zero-order valence-corrected chi connectivity index (χ0v) is 18.2. The Balaban J connectivity index is 3.93. The molecule has 0 aliphatic heterocycles. The number of hydrogen-bond donors (Lipinski definition) is 1. The molecule has 27 heavy (non-hydrogen) atoms. The largest absolute Gasteiger partial charge is 0.550 e. The average Bonchev–Trinajstić information content (AvgIpc) is 2.52. The second-order valence-electron chi connectivity index (χ2n) is 8.86. The minimum atomic E-state index is -1.38. The molecular formula is C23H43NO3. The van der Waals surface area contributed by atoms with Crippen LogP contribution in [0.3, 0.4) is 0 Å². The molecule has 158 valence electrons. The van der Waals surface area contributed by atoms with Crippen LogP contribution in [0.1, 0.15) is 84.0 Å². The van der Waals surface area contributed by atoms with E-state index in [1.165, 1.54) is 64.2 Å². The number of carboxylic acids is 1. The molecule has 4 heteroatoms. The number of allylic oxidation sites excluding steroid dienone is 3. The maximum absolute atomic E-state index is 10.9. The predicted octanol–water partition coefficient (Wildman–Crippen LogP) is 3.99. The normalized spacial score (nSPS) is 14.9. The molecule has 0 saturated heterocycles. The van der Waals surface area contributed by atoms with E-state index in [0.717, 1.165) is 6.42 Å². The van der Waals surface area contributed by atoms with Gasteiger partial charge in [0.1, 0.15) is 12.1 Å². The summed E-state index contributed by atoms with van der Waals surface area (Å²) in [6.07, 6.45) is 21.3. The number of likely N-dealkylation sites (N-methyl/N-ethyl adjacent to an activating group) is 1. The first-order valence-electron chi connectivity index (χ1n) is 10.8. The number of carbonyl (C=O) groups is 1. The van der Waals surface area contributed by atoms with Crippen LogP contribution in [0.5, 0.6) is 0 Å². The molecule has 0 fully saturated rings. The highest BCUT2D eigenvalue weighted by atomic mass is 16.4. The topological polar surface area (TPSA) is 60.4 Å². The van der Waals surface area contributed by atoms with Crippen molar-refractivity contribution in [1.82, 2.24) is 0 Å². The molecule has 0 heterocycles. The molecule has 1 unspecified atom stereocenters. The standard InChI is InChI=1S/C23H43NO3/c1-5-6-7-8-9-10-11-12-13-14-15-16-17-18-19-23(27,20-22(25)26)21-24(2,3)4/h16-19,27H,5-15,20-21H2,1-4H3/b17-16+,19-18+. The smallest absolute Gasteiger partial charge is 0.137 e. The van der Waals surface area contributed by atoms with Crippen LogP contribution < -0.4 is 5.11 Å². The van der Waals surface area contributed by atoms with Crippen molar-refractivity contribution in [3.05, 3.63) is 24.3 Å². The molecular weight excluding hydrogens is 338 g/mol. The van der Waals surface area contributed by atoms with Gasteiger partial charge >= 0.3 is 0 Å². The first kappa shape index (κ1) is 25.9. The lowest BCUT2D eigenvalue weighted by molar-refractivity contribution is -0.876. The van der Waals surface area contributed by atoms with Gasteiger partial charge in [-0.2, -0.15) is 0 Å². The predicted molar refractivity (Wildman–Crippen MR) is 112 cm³/mol. The van der Waals surface area contributed by atoms with Gasteiger partial charge in [-0.25, -0.2) is 0 Å². The summed E-state index contributed by atoms with van der Waals surface area (Å²) in [6.45, 7) is 2.58. The summed E-state index contributed by atoms with van der Waals surface area (Å²) < 4.78 is 0.483. The molecule has 0 rings (SSSR count). The molecule has 0 aromatic carbocycles. The first-order chi connectivity index (χ1) is 12.7. The van der Waals surface area contributed by atoms with Crippen LogP contribution >= 0.6 is 0 Å². The molecule has 4 nitrogen and oxygen atoms in total. The van der Waals surface area contributed by atoms with Crippen molar-refractivity contribution in [2.45, 2.75) is 89.6 Å². The fourth-order valence-electron chi connectivity index (χ4n) is 3.40. The van der Waals surface area contributed by atoms with Crippen molar-refractivity contribution in [3.8, 4) is 0 Å². The fourth-order valence-corrected chi connectivity index (χ4v) is 3.40. The van der Waals surface area contributed by atoms with Crippen molar-refractivity contribution in [2.75, 3.05) is 27.7 Å². The molecule has 0 spiro atoms. The summed E-state index contributed by atoms with van der Waals surface area (Å²) in [6, 6.07) is 0. The highest BCUT2D eigenvalue weighted by Gasteiger charge is 2.30. The van der Waals surface area contributed by atoms with Gasteiger partial charge in [0.25, 0.3) is 0 Å². The number of carboxylic acid groups (broad SMARTS) is 1. The number of aliphatic hydroxyl groups is 1. The van der Waals surface area contributed by atoms with E-state index in [1.54, 1.807) is 12.2 Å². The summed E-state index contributed by atoms with van der Waals surface area (Å²) >= 11 is 0. The quantitative estimate of drug-likeness (QED) is 0.235. The number of nitrogens with zero attached hydrogens (tertiary/aromatic N) is 1. The molecule has 0 aliphatic carbocycles. The second kappa shape index (κ2) is 14.9. The maximum Gasteiger partial charge on any atom is 0.137 e. The summed E-state index contributed by atoms with van der Waals surface area (Å²) in [5, 5.41) is 21.5. The van der Waals surface area contributed by atoms with Gasteiger partial charge in [0.2, 0.25) is 0 Å². The van der Waals surface area contributed by atoms with E-state index in [0.29, 0.717) is 11.0 Å². The van der Waals surface area contributed by atoms with Gasteiger partial charge < -0.3 is 19.5 Å². The molecule has 0 radical (unpaired) electrons. The van der Waals surface area contributed by atoms with Crippen LogP contribution in [0, 0.1) is 0 Å². The maximum atomic E-state index is 10.9. The zero-order valence-electron chi connectivity index (χ0n) is 18.2. The highest BCUT2D eigenvalue weighted by molar-refractivity contribution is 5.66. The van der Waals surface area contributed by atoms with Gasteiger partial charge in [-0.15, -0.1) is 0 Å². The van der Waals surface area contributed by atoms with Gasteiger partial charge in [-0.05, 0) is 18.9 Å². The van der Waals surface area contributed by atoms with Crippen LogP contribution in [-0.2, 0) is 4.79 Å². The van der Waals surface area contributed by atoms with Crippen LogP contribution in [0.2, 0.25) is 0 Å². The molecule has 0 saturated carbocycles. The van der Waals surface area contributed by atoms with Crippen LogP contribution in [-0.4, -0.2) is 48.8 Å². The Labute approximate surface area is 167 Å². The molecule has 0 bridgehead atoms. The first-order valence-corrected chi connectivity index (χ1v) is 10.8. The minimum absolute atomic E-state index is 0.323. The number of hydrogen-bond acceptors (Lipinski definition) is 3. The Bertz CT molecular complexity index is 437. The molecule has 1 N–H and O–H groups in total. The van der Waals surface area contributed by atoms with Gasteiger partial charge in [-0.1, -0.05) is 82.9 Å². The molecule has 0 aliphatic rings. The average molecular weight is 382 g/mol. The lowest BCUT2D eigenvalue weighted by atomic mass is 9.97. The summed E-state index contributed by atoms with van der Waals surface area (Å²) in [5.74, 6) is -1.23. The Morgan fingerprint density at radius 3 is 1.93 bits per heavy atom. The van der Waals surface area contributed by atoms with Gasteiger partial charge in [0, 0.05) is 12.4 Å². The Morgan fingerprint density at radius 1 is 0.926 bits per heavy atom. The fraction of sp³-hybridized carbons (Fsp3) is 0.783. The zero-order chi connectivity index (χ0) is 20.6. The lowest BCUT2D eigenvalue weighted by Crippen LogP contribution is -2.50. The Hall–Kier alpha value is -1.13. The van der Waals surface area contributed by atoms with Crippen LogP contribution in [0.15, 0.2) is 24.3 Å². The summed E-state index contributed by atoms with van der Waals surface area (Å²) in [7, 11) is 5.78. The third-order valence-electron chi connectivity index (χ3n) is 4.58. The minimum Gasteiger partial charge on any atom is -0.550 e. The molecule has 0 amide bonds. The van der Waals surface area contributed by atoms with Crippen molar-refractivity contribution < 1.29 is 19.5 Å². The number of rotatable bonds is 17. The van der Waals surface area contributed by atoms with Gasteiger partial charge in [-0.3, -0.25) is 0 Å². The van der Waals surface area contributed by atoms with Crippen LogP contribution in [0.4, 0.5) is 0 Å². The van der Waals surface area contributed by atoms with Crippen molar-refractivity contribution in [3.63, 3.8) is 0 Å². The van der Waals surface area contributed by atoms with E-state index >= 15 is 0 Å². The highest BCUT2D eigenvalue weighted by Crippen LogP contribution is 2.16. The molecule has 1 atom stereocenters. The van der Waals surface area contributed by atoms with E-state index < -0.39 is 11.6 Å². The van der Waals surface area contributed by atoms with Crippen molar-refractivity contribution >= 4 is 5.97 Å². The van der Waals surface area contributed by atoms with Gasteiger partial charge in [0.05, 0.1) is 21.1 Å². The summed E-state index contributed by atoms with van der Waals surface area (Å²) in [4.78, 5) is 10.9. The monoisotopic (exact) mass is 381 g/mol. The SMILES string of the molecule is CCCCCCCCCCCC/C=C/C=C/C(O)(CC(=O)[O-])C[N+](C)(C)C. The van der Waals surface area contributed by atoms with E-state index in [1.807, 2.05) is 27.2 Å². The molecule has 0 aromatic rings. The van der Waals surface area contributed by atoms with E-state index in [2.05, 4.69) is 13.0 Å². The number of unbranched alkanes of at least 4 members (excludes halogenated alkanes) is 10. The Morgan fingerprint density at radius 2 is 1.44 bits per heavy atom. The number of aliphatic carboxylic acids is 1. The molecule has 0 aromatic heterocycles. The van der Waals surface area contributed by atoms with Crippen molar-refractivity contribution in [2.24, 2.45) is 0 Å². The number of quaternary nitrogens is 1. The third kappa shape index (κ3) is 18.0. The van der Waals surface area contributed by atoms with E-state index in [9.17, 15) is 15.0 Å². The van der Waals surface area contributed by atoms with E-state index in [-0.39, 0.29) is 6.42 Å². The van der Waals surface area contributed by atoms with E-state index in [4.69, 9.17) is 0 Å². The van der Waals surface area contributed by atoms with Crippen LogP contribution in [0.25, 0.3) is 0 Å². The Kier molecular flexibility index (Phi) is 14.2. The third-order valence-corrected chi connectivity index (χ3v) is 4.58. The van der Waals surface area contributed by atoms with Gasteiger partial charge in [0.15, 0.2) is 0 Å².